The van der Waals surface area contributed by atoms with Crippen LogP contribution in [0.2, 0.25) is 0 Å². The van der Waals surface area contributed by atoms with E-state index in [9.17, 15) is 9.59 Å². The van der Waals surface area contributed by atoms with E-state index in [1.807, 2.05) is 24.3 Å². The van der Waals surface area contributed by atoms with Crippen LogP contribution in [0.15, 0.2) is 60.2 Å². The third-order valence-corrected chi connectivity index (χ3v) is 4.68. The molecule has 1 saturated heterocycles. The lowest BCUT2D eigenvalue weighted by Crippen LogP contribution is -2.36. The predicted molar refractivity (Wildman–Crippen MR) is 104 cm³/mol. The molecule has 2 aromatic rings. The SMILES string of the molecule is N=C(N)c1ccc(-c2ccc(C(=O)N3CCC(=CC(=O)O)CC3)cc2)cc1. The number of hydrogen-bond donors (Lipinski definition) is 3. The van der Waals surface area contributed by atoms with Gasteiger partial charge in [-0.05, 0) is 36.1 Å². The first-order valence-corrected chi connectivity index (χ1v) is 8.70. The molecule has 1 fully saturated rings. The van der Waals surface area contributed by atoms with Gasteiger partial charge in [-0.3, -0.25) is 10.2 Å². The van der Waals surface area contributed by atoms with E-state index >= 15 is 0 Å². The van der Waals surface area contributed by atoms with Crippen molar-refractivity contribution < 1.29 is 14.7 Å². The summed E-state index contributed by atoms with van der Waals surface area (Å²) >= 11 is 0. The van der Waals surface area contributed by atoms with Gasteiger partial charge in [0.15, 0.2) is 0 Å². The zero-order valence-electron chi connectivity index (χ0n) is 14.8. The highest BCUT2D eigenvalue weighted by atomic mass is 16.4. The van der Waals surface area contributed by atoms with Crippen molar-refractivity contribution in [1.82, 2.24) is 4.90 Å². The summed E-state index contributed by atoms with van der Waals surface area (Å²) in [6, 6.07) is 14.8. The van der Waals surface area contributed by atoms with Crippen molar-refractivity contribution in [2.45, 2.75) is 12.8 Å². The summed E-state index contributed by atoms with van der Waals surface area (Å²) in [7, 11) is 0. The highest BCUT2D eigenvalue weighted by Crippen LogP contribution is 2.22. The Labute approximate surface area is 157 Å². The first kappa shape index (κ1) is 18.4. The Hall–Kier alpha value is -3.41. The van der Waals surface area contributed by atoms with E-state index in [1.54, 1.807) is 29.2 Å². The van der Waals surface area contributed by atoms with Crippen molar-refractivity contribution in [3.8, 4) is 11.1 Å². The number of piperidine rings is 1. The molecule has 0 radical (unpaired) electrons. The summed E-state index contributed by atoms with van der Waals surface area (Å²) in [5.41, 5.74) is 9.59. The average Bonchev–Trinajstić information content (AvgIpc) is 2.68. The number of amidine groups is 1. The Balaban J connectivity index is 1.67. The molecule has 0 saturated carbocycles. The van der Waals surface area contributed by atoms with Crippen LogP contribution in [0.5, 0.6) is 0 Å². The van der Waals surface area contributed by atoms with Crippen LogP contribution in [0.1, 0.15) is 28.8 Å². The lowest BCUT2D eigenvalue weighted by molar-refractivity contribution is -0.131. The second-order valence-corrected chi connectivity index (χ2v) is 6.50. The van der Waals surface area contributed by atoms with E-state index in [1.165, 1.54) is 6.08 Å². The molecule has 27 heavy (non-hydrogen) atoms. The lowest BCUT2D eigenvalue weighted by atomic mass is 10.0. The normalized spacial score (nSPS) is 13.9. The van der Waals surface area contributed by atoms with E-state index in [4.69, 9.17) is 16.2 Å². The molecule has 1 aliphatic heterocycles. The zero-order chi connectivity index (χ0) is 19.4. The fraction of sp³-hybridized carbons (Fsp3) is 0.190. The number of amides is 1. The largest absolute Gasteiger partial charge is 0.478 e. The molecule has 0 bridgehead atoms. The predicted octanol–water partition coefficient (Wildman–Crippen LogP) is 2.88. The van der Waals surface area contributed by atoms with Gasteiger partial charge in [0.25, 0.3) is 5.91 Å². The van der Waals surface area contributed by atoms with E-state index in [-0.39, 0.29) is 11.7 Å². The second-order valence-electron chi connectivity index (χ2n) is 6.50. The van der Waals surface area contributed by atoms with Crippen molar-refractivity contribution in [2.75, 3.05) is 13.1 Å². The summed E-state index contributed by atoms with van der Waals surface area (Å²) in [4.78, 5) is 25.1. The maximum absolute atomic E-state index is 12.6. The van der Waals surface area contributed by atoms with Crippen molar-refractivity contribution in [1.29, 1.82) is 5.41 Å². The molecule has 0 aliphatic carbocycles. The Morgan fingerprint density at radius 1 is 0.926 bits per heavy atom. The summed E-state index contributed by atoms with van der Waals surface area (Å²) in [5.74, 6) is -0.940. The molecule has 6 heteroatoms. The third-order valence-electron chi connectivity index (χ3n) is 4.68. The van der Waals surface area contributed by atoms with Crippen LogP contribution < -0.4 is 5.73 Å². The summed E-state index contributed by atoms with van der Waals surface area (Å²) in [6.07, 6.45) is 2.44. The number of carbonyl (C=O) groups excluding carboxylic acids is 1. The number of nitrogens with one attached hydrogen (secondary N) is 1. The molecule has 3 rings (SSSR count). The Morgan fingerprint density at radius 3 is 1.85 bits per heavy atom. The molecule has 0 aromatic heterocycles. The number of likely N-dealkylation sites (tertiary alicyclic amines) is 1. The van der Waals surface area contributed by atoms with Gasteiger partial charge in [-0.15, -0.1) is 0 Å². The molecule has 138 valence electrons. The van der Waals surface area contributed by atoms with Crippen molar-refractivity contribution >= 4 is 17.7 Å². The molecule has 1 amide bonds. The summed E-state index contributed by atoms with van der Waals surface area (Å²) in [5, 5.41) is 16.2. The Bertz CT molecular complexity index is 889. The number of nitrogen functional groups attached to an aromatic ring is 1. The number of carboxylic acid groups (broad SMARTS) is 1. The third kappa shape index (κ3) is 4.41. The number of carboxylic acids is 1. The molecule has 0 atom stereocenters. The van der Waals surface area contributed by atoms with Gasteiger partial charge >= 0.3 is 5.97 Å². The first-order valence-electron chi connectivity index (χ1n) is 8.70. The maximum Gasteiger partial charge on any atom is 0.328 e. The molecule has 6 nitrogen and oxygen atoms in total. The van der Waals surface area contributed by atoms with E-state index in [0.717, 1.165) is 16.7 Å². The minimum absolute atomic E-state index is 0.0328. The fourth-order valence-corrected chi connectivity index (χ4v) is 3.15. The topological polar surface area (TPSA) is 107 Å². The number of aliphatic carboxylic acids is 1. The fourth-order valence-electron chi connectivity index (χ4n) is 3.15. The van der Waals surface area contributed by atoms with Gasteiger partial charge in [-0.2, -0.15) is 0 Å². The number of benzene rings is 2. The Kier molecular flexibility index (Phi) is 5.35. The van der Waals surface area contributed by atoms with Crippen molar-refractivity contribution in [3.63, 3.8) is 0 Å². The van der Waals surface area contributed by atoms with Crippen molar-refractivity contribution in [3.05, 3.63) is 71.3 Å². The molecule has 0 spiro atoms. The van der Waals surface area contributed by atoms with E-state index < -0.39 is 5.97 Å². The van der Waals surface area contributed by atoms with Gasteiger partial charge < -0.3 is 15.7 Å². The second kappa shape index (κ2) is 7.86. The zero-order valence-corrected chi connectivity index (χ0v) is 14.8. The van der Waals surface area contributed by atoms with Gasteiger partial charge in [0.2, 0.25) is 0 Å². The summed E-state index contributed by atoms with van der Waals surface area (Å²) in [6.45, 7) is 1.07. The van der Waals surface area contributed by atoms with Gasteiger partial charge in [0.05, 0.1) is 0 Å². The van der Waals surface area contributed by atoms with Crippen LogP contribution in [0, 0.1) is 5.41 Å². The quantitative estimate of drug-likeness (QED) is 0.441. The van der Waals surface area contributed by atoms with Crippen LogP contribution in [-0.4, -0.2) is 40.8 Å². The number of carbonyl (C=O) groups is 2. The van der Waals surface area contributed by atoms with Crippen LogP contribution in [0.3, 0.4) is 0 Å². The number of rotatable bonds is 4. The minimum atomic E-state index is -0.934. The molecular formula is C21H21N3O3. The molecule has 0 unspecified atom stereocenters. The number of nitrogens with zero attached hydrogens (tertiary/aromatic N) is 1. The van der Waals surface area contributed by atoms with Crippen LogP contribution in [0.4, 0.5) is 0 Å². The highest BCUT2D eigenvalue weighted by molar-refractivity contribution is 5.96. The van der Waals surface area contributed by atoms with E-state index in [2.05, 4.69) is 0 Å². The Morgan fingerprint density at radius 2 is 1.41 bits per heavy atom. The van der Waals surface area contributed by atoms with Crippen LogP contribution >= 0.6 is 0 Å². The summed E-state index contributed by atoms with van der Waals surface area (Å²) < 4.78 is 0. The molecule has 1 aliphatic rings. The van der Waals surface area contributed by atoms with Gasteiger partial charge in [0.1, 0.15) is 5.84 Å². The van der Waals surface area contributed by atoms with E-state index in [0.29, 0.717) is 37.1 Å². The number of nitrogens with two attached hydrogens (primary N) is 1. The average molecular weight is 363 g/mol. The molecule has 4 N–H and O–H groups in total. The van der Waals surface area contributed by atoms with Gasteiger partial charge in [-0.25, -0.2) is 4.79 Å². The minimum Gasteiger partial charge on any atom is -0.478 e. The molecular weight excluding hydrogens is 342 g/mol. The van der Waals surface area contributed by atoms with Crippen LogP contribution in [0.25, 0.3) is 11.1 Å². The number of hydrogen-bond acceptors (Lipinski definition) is 3. The van der Waals surface area contributed by atoms with Crippen molar-refractivity contribution in [2.24, 2.45) is 5.73 Å². The maximum atomic E-state index is 12.6. The van der Waals surface area contributed by atoms with Crippen LogP contribution in [-0.2, 0) is 4.79 Å². The van der Waals surface area contributed by atoms with Gasteiger partial charge in [-0.1, -0.05) is 42.0 Å². The monoisotopic (exact) mass is 363 g/mol. The molecule has 2 aromatic carbocycles. The lowest BCUT2D eigenvalue weighted by Gasteiger charge is -2.28. The standard InChI is InChI=1S/C21H21N3O3/c22-20(23)17-5-1-15(2-6-17)16-3-7-18(8-4-16)21(27)24-11-9-14(10-12-24)13-19(25)26/h1-8,13H,9-12H2,(H3,22,23)(H,25,26). The highest BCUT2D eigenvalue weighted by Gasteiger charge is 2.20. The smallest absolute Gasteiger partial charge is 0.328 e. The van der Waals surface area contributed by atoms with Gasteiger partial charge in [0, 0.05) is 30.3 Å². The first-order chi connectivity index (χ1) is 12.9. The molecule has 1 heterocycles.